The minimum atomic E-state index is -0.502. The average Bonchev–Trinajstić information content (AvgIpc) is 2.91. The van der Waals surface area contributed by atoms with Crippen molar-refractivity contribution >= 4 is 11.8 Å². The number of amides is 1. The van der Waals surface area contributed by atoms with Gasteiger partial charge >= 0.3 is 6.09 Å². The molecule has 1 aliphatic heterocycles. The van der Waals surface area contributed by atoms with E-state index in [1.54, 1.807) is 17.2 Å². The third-order valence-corrected chi connectivity index (χ3v) is 4.22. The lowest BCUT2D eigenvalue weighted by atomic mass is 10.1. The lowest BCUT2D eigenvalue weighted by Crippen LogP contribution is -2.39. The third-order valence-electron chi connectivity index (χ3n) is 4.22. The molecule has 140 valence electrons. The fourth-order valence-corrected chi connectivity index (χ4v) is 3.04. The van der Waals surface area contributed by atoms with E-state index in [9.17, 15) is 9.18 Å². The second-order valence-corrected chi connectivity index (χ2v) is 7.45. The van der Waals surface area contributed by atoms with E-state index in [4.69, 9.17) is 4.74 Å². The molecule has 1 fully saturated rings. The number of nitrogens with one attached hydrogen (secondary N) is 1. The maximum absolute atomic E-state index is 13.6. The number of anilines is 1. The summed E-state index contributed by atoms with van der Waals surface area (Å²) in [5.41, 5.74) is 1.96. The smallest absolute Gasteiger partial charge is 0.410 e. The Balaban J connectivity index is 1.73. The molecule has 0 unspecified atom stereocenters. The van der Waals surface area contributed by atoms with Gasteiger partial charge in [0.15, 0.2) is 0 Å². The Bertz CT molecular complexity index is 769. The number of halogens is 1. The number of carbonyl (C=O) groups excluding carboxylic acids is 1. The number of hydrogen-bond acceptors (Lipinski definition) is 4. The number of nitrogens with zero attached hydrogens (tertiary/aromatic N) is 3. The van der Waals surface area contributed by atoms with Gasteiger partial charge in [0.25, 0.3) is 0 Å². The highest BCUT2D eigenvalue weighted by Crippen LogP contribution is 2.29. The quantitative estimate of drug-likeness (QED) is 0.888. The fourth-order valence-electron chi connectivity index (χ4n) is 3.04. The second kappa shape index (κ2) is 7.35. The normalized spacial score (nSPS) is 15.7. The molecule has 1 saturated heterocycles. The van der Waals surface area contributed by atoms with E-state index < -0.39 is 5.60 Å². The molecule has 0 saturated carbocycles. The van der Waals surface area contributed by atoms with E-state index >= 15 is 0 Å². The van der Waals surface area contributed by atoms with Crippen LogP contribution in [0.1, 0.15) is 27.2 Å². The number of ether oxygens (including phenoxy) is 1. The number of aromatic nitrogens is 2. The van der Waals surface area contributed by atoms with E-state index in [1.165, 1.54) is 12.1 Å². The molecule has 26 heavy (non-hydrogen) atoms. The van der Waals surface area contributed by atoms with E-state index in [0.29, 0.717) is 19.6 Å². The van der Waals surface area contributed by atoms with Gasteiger partial charge in [0.05, 0.1) is 17.6 Å². The Morgan fingerprint density at radius 3 is 2.77 bits per heavy atom. The minimum absolute atomic E-state index is 0.281. The van der Waals surface area contributed by atoms with Crippen molar-refractivity contribution in [3.8, 4) is 11.3 Å². The molecular weight excluding hydrogens is 335 g/mol. The number of benzene rings is 1. The van der Waals surface area contributed by atoms with Crippen molar-refractivity contribution < 1.29 is 13.9 Å². The van der Waals surface area contributed by atoms with Gasteiger partial charge in [-0.15, -0.1) is 0 Å². The van der Waals surface area contributed by atoms with Gasteiger partial charge in [0.2, 0.25) is 0 Å². The van der Waals surface area contributed by atoms with Crippen molar-refractivity contribution in [2.45, 2.75) is 32.8 Å². The molecule has 6 nitrogen and oxygen atoms in total. The van der Waals surface area contributed by atoms with Gasteiger partial charge in [0, 0.05) is 31.7 Å². The zero-order valence-corrected chi connectivity index (χ0v) is 15.5. The maximum Gasteiger partial charge on any atom is 0.410 e. The molecule has 3 rings (SSSR count). The van der Waals surface area contributed by atoms with Gasteiger partial charge in [-0.1, -0.05) is 12.1 Å². The summed E-state index contributed by atoms with van der Waals surface area (Å²) in [4.78, 5) is 16.2. The lowest BCUT2D eigenvalue weighted by Gasteiger charge is -2.26. The van der Waals surface area contributed by atoms with E-state index in [2.05, 4.69) is 15.1 Å². The van der Waals surface area contributed by atoms with Gasteiger partial charge in [0.1, 0.15) is 11.4 Å². The van der Waals surface area contributed by atoms with Crippen molar-refractivity contribution in [2.24, 2.45) is 0 Å². The second-order valence-electron chi connectivity index (χ2n) is 7.45. The summed E-state index contributed by atoms with van der Waals surface area (Å²) in [5.74, 6) is -0.282. The Hall–Kier alpha value is -2.57. The van der Waals surface area contributed by atoms with Crippen LogP contribution in [0.25, 0.3) is 11.3 Å². The maximum atomic E-state index is 13.6. The summed E-state index contributed by atoms with van der Waals surface area (Å²) >= 11 is 0. The Kier molecular flexibility index (Phi) is 5.15. The molecule has 2 aromatic rings. The Morgan fingerprint density at radius 1 is 1.23 bits per heavy atom. The minimum Gasteiger partial charge on any atom is -0.444 e. The molecule has 2 heterocycles. The first-order valence-electron chi connectivity index (χ1n) is 8.86. The molecule has 0 atom stereocenters. The van der Waals surface area contributed by atoms with Gasteiger partial charge in [-0.05, 0) is 39.3 Å². The van der Waals surface area contributed by atoms with Gasteiger partial charge in [-0.3, -0.25) is 5.10 Å². The number of hydrogen-bond donors (Lipinski definition) is 1. The summed E-state index contributed by atoms with van der Waals surface area (Å²) in [6.45, 7) is 8.28. The topological polar surface area (TPSA) is 61.5 Å². The van der Waals surface area contributed by atoms with Gasteiger partial charge in [-0.25, -0.2) is 9.18 Å². The van der Waals surface area contributed by atoms with Crippen molar-refractivity contribution in [2.75, 3.05) is 31.1 Å². The monoisotopic (exact) mass is 360 g/mol. The number of aromatic amines is 1. The first kappa shape index (κ1) is 18.2. The van der Waals surface area contributed by atoms with Crippen molar-refractivity contribution in [3.05, 3.63) is 36.3 Å². The van der Waals surface area contributed by atoms with Crippen molar-refractivity contribution in [1.82, 2.24) is 15.1 Å². The molecule has 0 aliphatic carbocycles. The first-order valence-corrected chi connectivity index (χ1v) is 8.86. The standard InChI is InChI=1S/C19H25FN4O2/c1-19(2,3)26-18(25)24-9-5-8-23(10-11-24)16-13-21-22-17(16)14-6-4-7-15(20)12-14/h4,6-7,12-13H,5,8-11H2,1-3H3,(H,21,22). The van der Waals surface area contributed by atoms with Crippen LogP contribution in [0.4, 0.5) is 14.9 Å². The van der Waals surface area contributed by atoms with Crippen molar-refractivity contribution in [1.29, 1.82) is 0 Å². The van der Waals surface area contributed by atoms with Crippen molar-refractivity contribution in [3.63, 3.8) is 0 Å². The molecule has 1 aromatic carbocycles. The SMILES string of the molecule is CC(C)(C)OC(=O)N1CCCN(c2cn[nH]c2-c2cccc(F)c2)CC1. The summed E-state index contributed by atoms with van der Waals surface area (Å²) in [6, 6.07) is 6.44. The van der Waals surface area contributed by atoms with Crippen LogP contribution in [0.5, 0.6) is 0 Å². The summed E-state index contributed by atoms with van der Waals surface area (Å²) < 4.78 is 19.0. The molecule has 0 radical (unpaired) electrons. The molecule has 0 spiro atoms. The highest BCUT2D eigenvalue weighted by molar-refractivity contribution is 5.75. The average molecular weight is 360 g/mol. The highest BCUT2D eigenvalue weighted by Gasteiger charge is 2.25. The fraction of sp³-hybridized carbons (Fsp3) is 0.474. The highest BCUT2D eigenvalue weighted by atomic mass is 19.1. The van der Waals surface area contributed by atoms with Crippen LogP contribution in [0.2, 0.25) is 0 Å². The predicted octanol–water partition coefficient (Wildman–Crippen LogP) is 3.66. The molecule has 0 bridgehead atoms. The number of H-pyrrole nitrogens is 1. The Labute approximate surface area is 152 Å². The van der Waals surface area contributed by atoms with Crippen LogP contribution in [-0.2, 0) is 4.74 Å². The molecule has 1 amide bonds. The molecule has 1 aliphatic rings. The largest absolute Gasteiger partial charge is 0.444 e. The van der Waals surface area contributed by atoms with Gasteiger partial charge < -0.3 is 14.5 Å². The summed E-state index contributed by atoms with van der Waals surface area (Å²) in [7, 11) is 0. The van der Waals surface area contributed by atoms with Crippen LogP contribution in [0.15, 0.2) is 30.5 Å². The zero-order valence-electron chi connectivity index (χ0n) is 15.5. The Morgan fingerprint density at radius 2 is 2.04 bits per heavy atom. The molecular formula is C19H25FN4O2. The van der Waals surface area contributed by atoms with Crippen LogP contribution in [-0.4, -0.2) is 53.0 Å². The van der Waals surface area contributed by atoms with Gasteiger partial charge in [-0.2, -0.15) is 5.10 Å². The van der Waals surface area contributed by atoms with E-state index in [1.807, 2.05) is 26.8 Å². The molecule has 1 N–H and O–H groups in total. The summed E-state index contributed by atoms with van der Waals surface area (Å²) in [6.07, 6.45) is 2.30. The molecule has 1 aromatic heterocycles. The zero-order chi connectivity index (χ0) is 18.7. The number of carbonyl (C=O) groups is 1. The van der Waals surface area contributed by atoms with E-state index in [-0.39, 0.29) is 11.9 Å². The van der Waals surface area contributed by atoms with Crippen LogP contribution >= 0.6 is 0 Å². The van der Waals surface area contributed by atoms with Crippen LogP contribution < -0.4 is 4.90 Å². The molecule has 7 heteroatoms. The first-order chi connectivity index (χ1) is 12.3. The van der Waals surface area contributed by atoms with E-state index in [0.717, 1.165) is 29.9 Å². The lowest BCUT2D eigenvalue weighted by molar-refractivity contribution is 0.0263. The summed E-state index contributed by atoms with van der Waals surface area (Å²) in [5, 5.41) is 7.11. The third kappa shape index (κ3) is 4.33. The van der Waals surface area contributed by atoms with Crippen LogP contribution in [0.3, 0.4) is 0 Å². The van der Waals surface area contributed by atoms with Crippen LogP contribution in [0, 0.1) is 5.82 Å². The number of rotatable bonds is 2. The predicted molar refractivity (Wildman–Crippen MR) is 98.6 cm³/mol.